The summed E-state index contributed by atoms with van der Waals surface area (Å²) in [5.74, 6) is -0.0151. The van der Waals surface area contributed by atoms with Crippen molar-refractivity contribution in [3.8, 4) is 0 Å². The fourth-order valence-corrected chi connectivity index (χ4v) is 2.89. The number of carbonyl (C=O) groups is 2. The van der Waals surface area contributed by atoms with E-state index in [9.17, 15) is 9.59 Å². The van der Waals surface area contributed by atoms with Gasteiger partial charge < -0.3 is 9.80 Å². The Morgan fingerprint density at radius 2 is 2.00 bits per heavy atom. The second-order valence-electron chi connectivity index (χ2n) is 4.86. The third-order valence-electron chi connectivity index (χ3n) is 3.23. The molecular formula is C12H19N4O2S+. The number of hydrogen-bond donors (Lipinski definition) is 2. The maximum absolute atomic E-state index is 12.1. The van der Waals surface area contributed by atoms with Gasteiger partial charge in [0.05, 0.1) is 43.8 Å². The lowest BCUT2D eigenvalue weighted by molar-refractivity contribution is -0.883. The summed E-state index contributed by atoms with van der Waals surface area (Å²) < 4.78 is 0. The van der Waals surface area contributed by atoms with Crippen LogP contribution in [0.15, 0.2) is 0 Å². The van der Waals surface area contributed by atoms with E-state index in [0.29, 0.717) is 15.7 Å². The van der Waals surface area contributed by atoms with Crippen LogP contribution in [0, 0.1) is 6.92 Å². The predicted octanol–water partition coefficient (Wildman–Crippen LogP) is 0.0163. The summed E-state index contributed by atoms with van der Waals surface area (Å²) >= 11 is 1.24. The molecule has 104 valence electrons. The van der Waals surface area contributed by atoms with Crippen LogP contribution in [0.5, 0.6) is 0 Å². The van der Waals surface area contributed by atoms with Crippen LogP contribution in [0.2, 0.25) is 0 Å². The van der Waals surface area contributed by atoms with Crippen molar-refractivity contribution in [2.75, 3.05) is 38.5 Å². The van der Waals surface area contributed by atoms with Crippen LogP contribution in [0.1, 0.15) is 22.3 Å². The fraction of sp³-hybridized carbons (Fsp3) is 0.583. The molecule has 2 N–H and O–H groups in total. The molecule has 0 radical (unpaired) electrons. The Bertz CT molecular complexity index is 492. The molecule has 2 amide bonds. The number of thiazole rings is 1. The minimum atomic E-state index is -0.128. The lowest BCUT2D eigenvalue weighted by atomic mass is 10.3. The van der Waals surface area contributed by atoms with Gasteiger partial charge in [0.25, 0.3) is 0 Å². The van der Waals surface area contributed by atoms with Crippen molar-refractivity contribution >= 4 is 28.3 Å². The molecule has 19 heavy (non-hydrogen) atoms. The summed E-state index contributed by atoms with van der Waals surface area (Å²) in [6, 6.07) is -0.128. The van der Waals surface area contributed by atoms with E-state index in [1.165, 1.54) is 23.2 Å². The quantitative estimate of drug-likeness (QED) is 0.752. The van der Waals surface area contributed by atoms with Gasteiger partial charge >= 0.3 is 6.03 Å². The Morgan fingerprint density at radius 3 is 2.53 bits per heavy atom. The van der Waals surface area contributed by atoms with Crippen molar-refractivity contribution in [1.29, 1.82) is 0 Å². The first-order valence-electron chi connectivity index (χ1n) is 6.33. The van der Waals surface area contributed by atoms with Gasteiger partial charge in [-0.15, -0.1) is 0 Å². The molecule has 1 aliphatic rings. The first-order chi connectivity index (χ1) is 8.97. The minimum Gasteiger partial charge on any atom is -0.334 e. The number of anilines is 1. The second-order valence-corrected chi connectivity index (χ2v) is 5.86. The molecule has 1 fully saturated rings. The van der Waals surface area contributed by atoms with Crippen molar-refractivity contribution in [3.05, 3.63) is 10.6 Å². The Morgan fingerprint density at radius 1 is 1.37 bits per heavy atom. The number of ketones is 1. The lowest BCUT2D eigenvalue weighted by Crippen LogP contribution is -3.12. The van der Waals surface area contributed by atoms with Crippen LogP contribution in [-0.4, -0.2) is 54.9 Å². The average Bonchev–Trinajstić information content (AvgIpc) is 2.71. The molecule has 0 spiro atoms. The van der Waals surface area contributed by atoms with Crippen molar-refractivity contribution in [1.82, 2.24) is 9.88 Å². The summed E-state index contributed by atoms with van der Waals surface area (Å²) in [5, 5.41) is 3.27. The number of aromatic nitrogens is 1. The molecule has 7 heteroatoms. The molecule has 0 aromatic carbocycles. The normalized spacial score (nSPS) is 16.5. The lowest BCUT2D eigenvalue weighted by Gasteiger charge is -2.29. The zero-order valence-corrected chi connectivity index (χ0v) is 12.3. The molecule has 2 rings (SSSR count). The molecule has 0 atom stereocenters. The number of nitrogens with zero attached hydrogens (tertiary/aromatic N) is 2. The zero-order chi connectivity index (χ0) is 14.0. The first kappa shape index (κ1) is 14.0. The largest absolute Gasteiger partial charge is 0.334 e. The van der Waals surface area contributed by atoms with Crippen LogP contribution in [-0.2, 0) is 0 Å². The Kier molecular flexibility index (Phi) is 4.16. The summed E-state index contributed by atoms with van der Waals surface area (Å²) in [5.41, 5.74) is 0.677. The molecule has 1 aromatic rings. The predicted molar refractivity (Wildman–Crippen MR) is 74.1 cm³/mol. The number of Topliss-reactive ketones (excluding diaryl/α,β-unsaturated/α-hetero) is 1. The topological polar surface area (TPSA) is 66.7 Å². The molecule has 0 aliphatic carbocycles. The standard InChI is InChI=1S/C12H18N4O2S/c1-8-10(9(2)17)19-11(13-8)14-12(18)16-6-4-15(3)5-7-16/h4-7H2,1-3H3,(H,13,14,18)/p+1. The third-order valence-corrected chi connectivity index (χ3v) is 4.41. The van der Waals surface area contributed by atoms with Gasteiger partial charge in [-0.2, -0.15) is 0 Å². The molecule has 6 nitrogen and oxygen atoms in total. The van der Waals surface area contributed by atoms with Crippen LogP contribution < -0.4 is 10.2 Å². The maximum atomic E-state index is 12.1. The Balaban J connectivity index is 1.99. The molecule has 0 saturated carbocycles. The third kappa shape index (κ3) is 3.30. The van der Waals surface area contributed by atoms with E-state index in [4.69, 9.17) is 0 Å². The molecule has 1 aromatic heterocycles. The van der Waals surface area contributed by atoms with E-state index in [2.05, 4.69) is 17.3 Å². The molecule has 0 unspecified atom stereocenters. The van der Waals surface area contributed by atoms with E-state index >= 15 is 0 Å². The summed E-state index contributed by atoms with van der Waals surface area (Å²) in [6.45, 7) is 6.71. The number of amides is 2. The number of piperazine rings is 1. The van der Waals surface area contributed by atoms with Crippen molar-refractivity contribution in [3.63, 3.8) is 0 Å². The van der Waals surface area contributed by atoms with Gasteiger partial charge in [0.1, 0.15) is 0 Å². The summed E-state index contributed by atoms with van der Waals surface area (Å²) in [7, 11) is 2.12. The number of nitrogens with one attached hydrogen (secondary N) is 2. The number of urea groups is 1. The van der Waals surface area contributed by atoms with Crippen molar-refractivity contribution in [2.45, 2.75) is 13.8 Å². The van der Waals surface area contributed by atoms with E-state index in [1.54, 1.807) is 11.8 Å². The van der Waals surface area contributed by atoms with E-state index in [-0.39, 0.29) is 11.8 Å². The first-order valence-corrected chi connectivity index (χ1v) is 7.14. The highest BCUT2D eigenvalue weighted by molar-refractivity contribution is 7.17. The van der Waals surface area contributed by atoms with Gasteiger partial charge in [-0.05, 0) is 6.92 Å². The van der Waals surface area contributed by atoms with Gasteiger partial charge in [-0.1, -0.05) is 11.3 Å². The van der Waals surface area contributed by atoms with Gasteiger partial charge in [0.2, 0.25) is 0 Å². The highest BCUT2D eigenvalue weighted by Crippen LogP contribution is 2.23. The van der Waals surface area contributed by atoms with Crippen molar-refractivity contribution in [2.24, 2.45) is 0 Å². The number of likely N-dealkylation sites (N-methyl/N-ethyl adjacent to an activating group) is 1. The van der Waals surface area contributed by atoms with Gasteiger partial charge in [0, 0.05) is 6.92 Å². The van der Waals surface area contributed by atoms with E-state index in [0.717, 1.165) is 26.2 Å². The monoisotopic (exact) mass is 283 g/mol. The van der Waals surface area contributed by atoms with Crippen molar-refractivity contribution < 1.29 is 14.5 Å². The fourth-order valence-electron chi connectivity index (χ4n) is 2.04. The van der Waals surface area contributed by atoms with Crippen LogP contribution >= 0.6 is 11.3 Å². The van der Waals surface area contributed by atoms with Crippen LogP contribution in [0.25, 0.3) is 0 Å². The number of aryl methyl sites for hydroxylation is 1. The zero-order valence-electron chi connectivity index (χ0n) is 11.4. The second kappa shape index (κ2) is 5.66. The highest BCUT2D eigenvalue weighted by Gasteiger charge is 2.22. The number of quaternary nitrogens is 1. The summed E-state index contributed by atoms with van der Waals surface area (Å²) in [4.78, 5) is 31.5. The van der Waals surface area contributed by atoms with Gasteiger partial charge in [-0.25, -0.2) is 9.78 Å². The smallest absolute Gasteiger partial charge is 0.324 e. The van der Waals surface area contributed by atoms with Crippen LogP contribution in [0.4, 0.5) is 9.93 Å². The Hall–Kier alpha value is -1.47. The van der Waals surface area contributed by atoms with Gasteiger partial charge in [-0.3, -0.25) is 10.1 Å². The molecular weight excluding hydrogens is 264 g/mol. The molecule has 0 bridgehead atoms. The maximum Gasteiger partial charge on any atom is 0.324 e. The summed E-state index contributed by atoms with van der Waals surface area (Å²) in [6.07, 6.45) is 0. The molecule has 1 aliphatic heterocycles. The van der Waals surface area contributed by atoms with E-state index in [1.807, 2.05) is 0 Å². The number of rotatable bonds is 2. The Labute approximate surface area is 116 Å². The SMILES string of the molecule is CC(=O)c1sc(NC(=O)N2CC[NH+](C)CC2)nc1C. The van der Waals surface area contributed by atoms with Gasteiger partial charge in [0.15, 0.2) is 10.9 Å². The van der Waals surface area contributed by atoms with E-state index < -0.39 is 0 Å². The number of carbonyl (C=O) groups excluding carboxylic acids is 2. The highest BCUT2D eigenvalue weighted by atomic mass is 32.1. The number of hydrogen-bond acceptors (Lipinski definition) is 4. The average molecular weight is 283 g/mol. The van der Waals surface area contributed by atoms with Crippen LogP contribution in [0.3, 0.4) is 0 Å². The molecule has 1 saturated heterocycles. The minimum absolute atomic E-state index is 0.0151. The molecule has 2 heterocycles.